The first kappa shape index (κ1) is 24.5. The van der Waals surface area contributed by atoms with Gasteiger partial charge in [-0.1, -0.05) is 41.9 Å². The minimum Gasteiger partial charge on any atom is -0.486 e. The van der Waals surface area contributed by atoms with E-state index in [1.54, 1.807) is 32.0 Å². The Labute approximate surface area is 197 Å². The van der Waals surface area contributed by atoms with Gasteiger partial charge < -0.3 is 18.9 Å². The predicted octanol–water partition coefficient (Wildman–Crippen LogP) is 5.71. The van der Waals surface area contributed by atoms with Gasteiger partial charge >= 0.3 is 5.97 Å². The van der Waals surface area contributed by atoms with E-state index in [0.717, 1.165) is 5.56 Å². The second kappa shape index (κ2) is 11.1. The molecule has 1 atom stereocenters. The second-order valence-electron chi connectivity index (χ2n) is 7.38. The molecule has 1 aromatic heterocycles. The summed E-state index contributed by atoms with van der Waals surface area (Å²) in [4.78, 5) is 16.2. The first-order valence-corrected chi connectivity index (χ1v) is 10.6. The number of ether oxygens (including phenoxy) is 4. The fourth-order valence-corrected chi connectivity index (χ4v) is 3.64. The Balaban J connectivity index is 1.97. The first-order chi connectivity index (χ1) is 15.8. The molecule has 8 heteroatoms. The van der Waals surface area contributed by atoms with Crippen LogP contribution in [0.2, 0.25) is 5.15 Å². The third-order valence-corrected chi connectivity index (χ3v) is 5.21. The minimum absolute atomic E-state index is 0.00198. The largest absolute Gasteiger partial charge is 0.486 e. The third-order valence-electron chi connectivity index (χ3n) is 4.94. The van der Waals surface area contributed by atoms with Crippen LogP contribution >= 0.6 is 11.6 Å². The van der Waals surface area contributed by atoms with Crippen LogP contribution in [0.3, 0.4) is 0 Å². The first-order valence-electron chi connectivity index (χ1n) is 10.2. The molecule has 33 heavy (non-hydrogen) atoms. The number of carbonyl (C=O) groups is 1. The number of hydrogen-bond acceptors (Lipinski definition) is 6. The van der Waals surface area contributed by atoms with E-state index in [1.807, 2.05) is 30.3 Å². The lowest BCUT2D eigenvalue weighted by Gasteiger charge is -2.23. The number of halogens is 2. The summed E-state index contributed by atoms with van der Waals surface area (Å²) < 4.78 is 36.8. The SMILES string of the molecule is COCOc1ccc(C(OC(C)=O)c2c(C)cc(OCc3ccccc3)c(F)c2C)nc1Cl. The molecular formula is C25H25ClFNO5. The highest BCUT2D eigenvalue weighted by Gasteiger charge is 2.27. The van der Waals surface area contributed by atoms with Gasteiger partial charge in [-0.15, -0.1) is 0 Å². The normalized spacial score (nSPS) is 11.7. The number of hydrogen-bond donors (Lipinski definition) is 0. The van der Waals surface area contributed by atoms with Crippen LogP contribution in [-0.4, -0.2) is 24.9 Å². The molecule has 0 N–H and O–H groups in total. The smallest absolute Gasteiger partial charge is 0.303 e. The number of pyridine rings is 1. The molecule has 0 saturated carbocycles. The molecule has 1 heterocycles. The highest BCUT2D eigenvalue weighted by atomic mass is 35.5. The fourth-order valence-electron chi connectivity index (χ4n) is 3.43. The lowest BCUT2D eigenvalue weighted by molar-refractivity contribution is -0.145. The van der Waals surface area contributed by atoms with Crippen molar-refractivity contribution in [3.05, 3.63) is 87.4 Å². The van der Waals surface area contributed by atoms with Crippen molar-refractivity contribution in [3.8, 4) is 11.5 Å². The highest BCUT2D eigenvalue weighted by molar-refractivity contribution is 6.30. The Morgan fingerprint density at radius 3 is 2.45 bits per heavy atom. The van der Waals surface area contributed by atoms with Crippen molar-refractivity contribution >= 4 is 17.6 Å². The maximum atomic E-state index is 15.3. The van der Waals surface area contributed by atoms with Gasteiger partial charge in [0.05, 0.1) is 5.69 Å². The summed E-state index contributed by atoms with van der Waals surface area (Å²) in [5.41, 5.74) is 2.71. The van der Waals surface area contributed by atoms with Crippen LogP contribution < -0.4 is 9.47 Å². The number of aryl methyl sites for hydroxylation is 1. The van der Waals surface area contributed by atoms with Crippen LogP contribution in [-0.2, 0) is 20.9 Å². The zero-order chi connectivity index (χ0) is 24.0. The lowest BCUT2D eigenvalue weighted by atomic mass is 9.94. The van der Waals surface area contributed by atoms with Crippen LogP contribution in [0, 0.1) is 19.7 Å². The van der Waals surface area contributed by atoms with Crippen LogP contribution in [0.25, 0.3) is 0 Å². The lowest BCUT2D eigenvalue weighted by Crippen LogP contribution is -2.16. The molecule has 0 aliphatic heterocycles. The molecular weight excluding hydrogens is 449 g/mol. The van der Waals surface area contributed by atoms with Crippen LogP contribution in [0.1, 0.15) is 41.0 Å². The molecule has 1 unspecified atom stereocenters. The maximum Gasteiger partial charge on any atom is 0.303 e. The maximum absolute atomic E-state index is 15.3. The molecule has 0 bridgehead atoms. The van der Waals surface area contributed by atoms with E-state index >= 15 is 4.39 Å². The van der Waals surface area contributed by atoms with Gasteiger partial charge in [0.1, 0.15) is 6.61 Å². The van der Waals surface area contributed by atoms with Gasteiger partial charge in [0.2, 0.25) is 0 Å². The van der Waals surface area contributed by atoms with Gasteiger partial charge in [-0.25, -0.2) is 9.37 Å². The molecule has 174 valence electrons. The topological polar surface area (TPSA) is 66.9 Å². The van der Waals surface area contributed by atoms with Crippen molar-refractivity contribution in [3.63, 3.8) is 0 Å². The van der Waals surface area contributed by atoms with Crippen LogP contribution in [0.5, 0.6) is 11.5 Å². The fraction of sp³-hybridized carbons (Fsp3) is 0.280. The summed E-state index contributed by atoms with van der Waals surface area (Å²) >= 11 is 6.24. The number of nitrogens with zero attached hydrogens (tertiary/aromatic N) is 1. The van der Waals surface area contributed by atoms with Crippen molar-refractivity contribution in [2.24, 2.45) is 0 Å². The Bertz CT molecular complexity index is 1120. The van der Waals surface area contributed by atoms with Crippen LogP contribution in [0.4, 0.5) is 4.39 Å². The van der Waals surface area contributed by atoms with Gasteiger partial charge in [-0.05, 0) is 48.7 Å². The van der Waals surface area contributed by atoms with E-state index < -0.39 is 17.9 Å². The summed E-state index contributed by atoms with van der Waals surface area (Å²) in [6.45, 7) is 4.92. The molecule has 2 aromatic carbocycles. The molecule has 0 aliphatic rings. The molecule has 0 aliphatic carbocycles. The number of carbonyl (C=O) groups excluding carboxylic acids is 1. The summed E-state index contributed by atoms with van der Waals surface area (Å²) in [5, 5.41) is 0.0697. The van der Waals surface area contributed by atoms with Crippen molar-refractivity contribution in [1.29, 1.82) is 0 Å². The number of esters is 1. The van der Waals surface area contributed by atoms with Gasteiger partial charge in [-0.2, -0.15) is 0 Å². The van der Waals surface area contributed by atoms with E-state index in [-0.39, 0.29) is 24.3 Å². The average Bonchev–Trinajstić information content (AvgIpc) is 2.79. The van der Waals surface area contributed by atoms with E-state index in [0.29, 0.717) is 28.1 Å². The van der Waals surface area contributed by atoms with E-state index in [4.69, 9.17) is 30.5 Å². The Kier molecular flexibility index (Phi) is 8.25. The molecule has 0 spiro atoms. The van der Waals surface area contributed by atoms with E-state index in [9.17, 15) is 4.79 Å². The van der Waals surface area contributed by atoms with Crippen LogP contribution in [0.15, 0.2) is 48.5 Å². The molecule has 3 rings (SSSR count). The van der Waals surface area contributed by atoms with E-state index in [1.165, 1.54) is 14.0 Å². The molecule has 0 saturated heterocycles. The summed E-state index contributed by atoms with van der Waals surface area (Å²) in [6, 6.07) is 14.3. The second-order valence-corrected chi connectivity index (χ2v) is 7.74. The predicted molar refractivity (Wildman–Crippen MR) is 122 cm³/mol. The monoisotopic (exact) mass is 473 g/mol. The Morgan fingerprint density at radius 2 is 1.82 bits per heavy atom. The summed E-state index contributed by atoms with van der Waals surface area (Å²) in [5.74, 6) is -0.641. The zero-order valence-corrected chi connectivity index (χ0v) is 19.6. The number of benzene rings is 2. The van der Waals surface area contributed by atoms with Gasteiger partial charge in [0, 0.05) is 19.6 Å². The highest BCUT2D eigenvalue weighted by Crippen LogP contribution is 2.37. The summed E-state index contributed by atoms with van der Waals surface area (Å²) in [6.07, 6.45) is -0.964. The molecule has 0 fully saturated rings. The zero-order valence-electron chi connectivity index (χ0n) is 18.9. The van der Waals surface area contributed by atoms with Crippen molar-refractivity contribution in [1.82, 2.24) is 4.98 Å². The quantitative estimate of drug-likeness (QED) is 0.225. The average molecular weight is 474 g/mol. The molecule has 6 nitrogen and oxygen atoms in total. The Hall–Kier alpha value is -3.16. The summed E-state index contributed by atoms with van der Waals surface area (Å²) in [7, 11) is 1.49. The van der Waals surface area contributed by atoms with Crippen molar-refractivity contribution in [2.75, 3.05) is 13.9 Å². The molecule has 3 aromatic rings. The Morgan fingerprint density at radius 1 is 1.09 bits per heavy atom. The standard InChI is InChI=1S/C25H25ClFNO5/c1-15-12-21(31-13-18-8-6-5-7-9-18)23(27)16(2)22(15)24(33-17(3)29)19-10-11-20(25(26)28-19)32-14-30-4/h5-12,24H,13-14H2,1-4H3. The number of aromatic nitrogens is 1. The van der Waals surface area contributed by atoms with E-state index in [2.05, 4.69) is 4.98 Å². The third kappa shape index (κ3) is 6.00. The molecule has 0 amide bonds. The number of methoxy groups -OCH3 is 1. The van der Waals surface area contributed by atoms with Crippen molar-refractivity contribution in [2.45, 2.75) is 33.5 Å². The molecule has 0 radical (unpaired) electrons. The minimum atomic E-state index is -0.964. The van der Waals surface area contributed by atoms with Gasteiger partial charge in [0.15, 0.2) is 35.4 Å². The van der Waals surface area contributed by atoms with Crippen molar-refractivity contribution < 1.29 is 28.1 Å². The van der Waals surface area contributed by atoms with Gasteiger partial charge in [-0.3, -0.25) is 4.79 Å². The number of rotatable bonds is 9. The van der Waals surface area contributed by atoms with Gasteiger partial charge in [0.25, 0.3) is 0 Å².